The highest BCUT2D eigenvalue weighted by molar-refractivity contribution is 7.09. The van der Waals surface area contributed by atoms with E-state index in [2.05, 4.69) is 20.3 Å². The van der Waals surface area contributed by atoms with Gasteiger partial charge in [-0.1, -0.05) is 6.07 Å². The van der Waals surface area contributed by atoms with Crippen molar-refractivity contribution in [2.75, 3.05) is 0 Å². The first kappa shape index (κ1) is 18.6. The number of Topliss-reactive ketones (excluding diaryl/α,β-unsaturated/α-hetero) is 1. The third kappa shape index (κ3) is 3.65. The number of primary amides is 1. The Morgan fingerprint density at radius 3 is 2.90 bits per heavy atom. The van der Waals surface area contributed by atoms with E-state index in [0.717, 1.165) is 16.5 Å². The Morgan fingerprint density at radius 1 is 1.28 bits per heavy atom. The van der Waals surface area contributed by atoms with Gasteiger partial charge in [0.1, 0.15) is 23.9 Å². The normalized spacial score (nSPS) is 12.0. The molecule has 0 aromatic carbocycles. The maximum absolute atomic E-state index is 12.9. The third-order valence-electron chi connectivity index (χ3n) is 4.47. The number of fused-ring (bicyclic) bond motifs is 1. The molecular formula is C19H16N6O3S. The molecule has 0 aliphatic heterocycles. The van der Waals surface area contributed by atoms with E-state index in [4.69, 9.17) is 5.73 Å². The van der Waals surface area contributed by atoms with Gasteiger partial charge < -0.3 is 16.0 Å². The highest BCUT2D eigenvalue weighted by atomic mass is 32.1. The standard InChI is InChI=1S/C19H16N6O3S/c20-18(27)17(26)13(5-11-6-23-14-9-29-8-12(11)14)24-19(28)15-7-21-10-25(15)16-3-1-2-4-22-16/h1-4,6-10,13,23H,5H2,(H2,20,27)(H,24,28). The van der Waals surface area contributed by atoms with Crippen molar-refractivity contribution in [2.24, 2.45) is 5.73 Å². The molecule has 1 atom stereocenters. The number of nitrogens with zero attached hydrogens (tertiary/aromatic N) is 3. The van der Waals surface area contributed by atoms with Crippen LogP contribution in [0.1, 0.15) is 16.1 Å². The first-order valence-corrected chi connectivity index (χ1v) is 9.59. The van der Waals surface area contributed by atoms with E-state index >= 15 is 0 Å². The minimum Gasteiger partial charge on any atom is -0.363 e. The van der Waals surface area contributed by atoms with Gasteiger partial charge in [0, 0.05) is 35.0 Å². The average molecular weight is 408 g/mol. The van der Waals surface area contributed by atoms with Gasteiger partial charge in [0.2, 0.25) is 5.78 Å². The van der Waals surface area contributed by atoms with Crippen LogP contribution in [-0.4, -0.2) is 43.2 Å². The van der Waals surface area contributed by atoms with E-state index < -0.39 is 23.6 Å². The van der Waals surface area contributed by atoms with E-state index in [1.165, 1.54) is 28.4 Å². The summed E-state index contributed by atoms with van der Waals surface area (Å²) in [7, 11) is 0. The molecule has 4 N–H and O–H groups in total. The predicted molar refractivity (Wildman–Crippen MR) is 107 cm³/mol. The van der Waals surface area contributed by atoms with Crippen LogP contribution in [0.5, 0.6) is 0 Å². The highest BCUT2D eigenvalue weighted by Crippen LogP contribution is 2.23. The van der Waals surface area contributed by atoms with Crippen LogP contribution in [0.15, 0.2) is 53.9 Å². The van der Waals surface area contributed by atoms with Crippen LogP contribution in [-0.2, 0) is 16.0 Å². The molecule has 29 heavy (non-hydrogen) atoms. The summed E-state index contributed by atoms with van der Waals surface area (Å²) in [5.74, 6) is -2.04. The molecule has 0 bridgehead atoms. The number of nitrogens with two attached hydrogens (primary N) is 1. The number of amides is 2. The number of hydrogen-bond acceptors (Lipinski definition) is 6. The van der Waals surface area contributed by atoms with Gasteiger partial charge >= 0.3 is 0 Å². The largest absolute Gasteiger partial charge is 0.363 e. The number of aromatic nitrogens is 4. The Balaban J connectivity index is 1.61. The molecule has 9 nitrogen and oxygen atoms in total. The van der Waals surface area contributed by atoms with Crippen LogP contribution >= 0.6 is 11.3 Å². The van der Waals surface area contributed by atoms with Crippen molar-refractivity contribution >= 4 is 39.8 Å². The lowest BCUT2D eigenvalue weighted by atomic mass is 10.0. The number of thiophene rings is 1. The Hall–Kier alpha value is -3.79. The number of H-pyrrole nitrogens is 1. The number of rotatable bonds is 7. The Kier molecular flexibility index (Phi) is 4.92. The molecule has 0 saturated carbocycles. The second kappa shape index (κ2) is 7.68. The lowest BCUT2D eigenvalue weighted by Crippen LogP contribution is -2.47. The van der Waals surface area contributed by atoms with E-state index in [0.29, 0.717) is 5.82 Å². The first-order valence-electron chi connectivity index (χ1n) is 8.65. The van der Waals surface area contributed by atoms with Gasteiger partial charge in [0.25, 0.3) is 11.8 Å². The van der Waals surface area contributed by atoms with Crippen LogP contribution in [0, 0.1) is 0 Å². The van der Waals surface area contributed by atoms with Crippen LogP contribution in [0.2, 0.25) is 0 Å². The van der Waals surface area contributed by atoms with E-state index in [1.54, 1.807) is 30.6 Å². The Morgan fingerprint density at radius 2 is 2.14 bits per heavy atom. The molecular weight excluding hydrogens is 392 g/mol. The second-order valence-electron chi connectivity index (χ2n) is 6.31. The Labute approximate surface area is 168 Å². The van der Waals surface area contributed by atoms with Crippen LogP contribution in [0.25, 0.3) is 16.7 Å². The summed E-state index contributed by atoms with van der Waals surface area (Å²) in [5, 5.41) is 7.43. The number of imidazole rings is 1. The van der Waals surface area contributed by atoms with Gasteiger partial charge in [0.05, 0.1) is 11.7 Å². The average Bonchev–Trinajstić information content (AvgIpc) is 3.45. The number of nitrogens with one attached hydrogen (secondary N) is 2. The molecule has 2 amide bonds. The quantitative estimate of drug-likeness (QED) is 0.395. The van der Waals surface area contributed by atoms with Crippen molar-refractivity contribution in [2.45, 2.75) is 12.5 Å². The number of carbonyl (C=O) groups excluding carboxylic acids is 3. The SMILES string of the molecule is NC(=O)C(=O)C(Cc1c[nH]c2cscc12)NC(=O)c1cncn1-c1ccccn1. The minimum absolute atomic E-state index is 0.127. The van der Waals surface area contributed by atoms with E-state index in [-0.39, 0.29) is 12.1 Å². The lowest BCUT2D eigenvalue weighted by molar-refractivity contribution is -0.137. The van der Waals surface area contributed by atoms with E-state index in [1.807, 2.05) is 10.8 Å². The summed E-state index contributed by atoms with van der Waals surface area (Å²) in [6, 6.07) is 4.15. The fourth-order valence-electron chi connectivity index (χ4n) is 3.04. The van der Waals surface area contributed by atoms with Gasteiger partial charge in [-0.05, 0) is 17.7 Å². The molecule has 1 unspecified atom stereocenters. The van der Waals surface area contributed by atoms with Gasteiger partial charge in [-0.15, -0.1) is 11.3 Å². The zero-order valence-corrected chi connectivity index (χ0v) is 15.8. The van der Waals surface area contributed by atoms with Gasteiger partial charge in [-0.3, -0.25) is 19.0 Å². The maximum Gasteiger partial charge on any atom is 0.287 e. The van der Waals surface area contributed by atoms with Gasteiger partial charge in [-0.2, -0.15) is 0 Å². The molecule has 0 aliphatic carbocycles. The van der Waals surface area contributed by atoms with Crippen molar-refractivity contribution < 1.29 is 14.4 Å². The van der Waals surface area contributed by atoms with Gasteiger partial charge in [0.15, 0.2) is 0 Å². The van der Waals surface area contributed by atoms with Crippen LogP contribution < -0.4 is 11.1 Å². The number of carbonyl (C=O) groups is 3. The molecule has 0 spiro atoms. The van der Waals surface area contributed by atoms with Crippen molar-refractivity contribution in [3.05, 3.63) is 65.1 Å². The van der Waals surface area contributed by atoms with Crippen molar-refractivity contribution in [3.63, 3.8) is 0 Å². The number of hydrogen-bond donors (Lipinski definition) is 3. The summed E-state index contributed by atoms with van der Waals surface area (Å²) in [6.45, 7) is 0. The number of ketones is 1. The second-order valence-corrected chi connectivity index (χ2v) is 7.05. The molecule has 0 saturated heterocycles. The zero-order valence-electron chi connectivity index (χ0n) is 15.0. The summed E-state index contributed by atoms with van der Waals surface area (Å²) < 4.78 is 1.49. The third-order valence-corrected chi connectivity index (χ3v) is 5.21. The van der Waals surface area contributed by atoms with E-state index in [9.17, 15) is 14.4 Å². The monoisotopic (exact) mass is 408 g/mol. The summed E-state index contributed by atoms with van der Waals surface area (Å²) >= 11 is 1.51. The molecule has 4 rings (SSSR count). The molecule has 0 radical (unpaired) electrons. The smallest absolute Gasteiger partial charge is 0.287 e. The molecule has 0 fully saturated rings. The molecule has 4 aromatic rings. The predicted octanol–water partition coefficient (Wildman–Crippen LogP) is 1.21. The van der Waals surface area contributed by atoms with Crippen molar-refractivity contribution in [1.29, 1.82) is 0 Å². The molecule has 4 aromatic heterocycles. The van der Waals surface area contributed by atoms with Crippen molar-refractivity contribution in [1.82, 2.24) is 24.8 Å². The number of aromatic amines is 1. The Bertz CT molecular complexity index is 1190. The minimum atomic E-state index is -1.11. The fourth-order valence-corrected chi connectivity index (χ4v) is 3.86. The fraction of sp³-hybridized carbons (Fsp3) is 0.105. The van der Waals surface area contributed by atoms with Crippen molar-refractivity contribution in [3.8, 4) is 5.82 Å². The molecule has 146 valence electrons. The maximum atomic E-state index is 12.9. The topological polar surface area (TPSA) is 136 Å². The summed E-state index contributed by atoms with van der Waals surface area (Å²) in [4.78, 5) is 48.1. The first-order chi connectivity index (χ1) is 14.0. The molecule has 4 heterocycles. The number of pyridine rings is 1. The summed E-state index contributed by atoms with van der Waals surface area (Å²) in [6.07, 6.45) is 6.28. The molecule has 10 heteroatoms. The summed E-state index contributed by atoms with van der Waals surface area (Å²) in [5.41, 5.74) is 7.11. The highest BCUT2D eigenvalue weighted by Gasteiger charge is 2.28. The molecule has 0 aliphatic rings. The van der Waals surface area contributed by atoms with Gasteiger partial charge in [-0.25, -0.2) is 9.97 Å². The lowest BCUT2D eigenvalue weighted by Gasteiger charge is -2.16. The zero-order chi connectivity index (χ0) is 20.4. The van der Waals surface area contributed by atoms with Crippen LogP contribution in [0.4, 0.5) is 0 Å². The van der Waals surface area contributed by atoms with Crippen LogP contribution in [0.3, 0.4) is 0 Å².